The van der Waals surface area contributed by atoms with E-state index in [2.05, 4.69) is 28.2 Å². The summed E-state index contributed by atoms with van der Waals surface area (Å²) in [4.78, 5) is 0. The number of halogens is 1. The average Bonchev–Trinajstić information content (AvgIpc) is 2.62. The Hall–Kier alpha value is -0.780. The molecule has 19 heavy (non-hydrogen) atoms. The Morgan fingerprint density at radius 3 is 2.84 bits per heavy atom. The SMILES string of the molecule is CCNC1COCCc2c(Br)cc(OC)c(OC)c21. The van der Waals surface area contributed by atoms with Crippen molar-refractivity contribution < 1.29 is 14.2 Å². The number of benzene rings is 1. The van der Waals surface area contributed by atoms with Crippen LogP contribution in [-0.4, -0.2) is 34.0 Å². The zero-order valence-electron chi connectivity index (χ0n) is 11.6. The van der Waals surface area contributed by atoms with Gasteiger partial charge < -0.3 is 19.5 Å². The first-order valence-electron chi connectivity index (χ1n) is 6.47. The van der Waals surface area contributed by atoms with E-state index in [-0.39, 0.29) is 6.04 Å². The summed E-state index contributed by atoms with van der Waals surface area (Å²) in [6, 6.07) is 2.09. The number of nitrogens with one attached hydrogen (secondary N) is 1. The van der Waals surface area contributed by atoms with Crippen molar-refractivity contribution in [2.45, 2.75) is 19.4 Å². The Bertz CT molecular complexity index is 451. The van der Waals surface area contributed by atoms with Crippen molar-refractivity contribution in [1.82, 2.24) is 5.32 Å². The Balaban J connectivity index is 2.60. The fraction of sp³-hybridized carbons (Fsp3) is 0.571. The molecule has 5 heteroatoms. The van der Waals surface area contributed by atoms with Crippen LogP contribution in [0.5, 0.6) is 11.5 Å². The Morgan fingerprint density at radius 2 is 2.21 bits per heavy atom. The van der Waals surface area contributed by atoms with Gasteiger partial charge in [-0.2, -0.15) is 0 Å². The second kappa shape index (κ2) is 6.59. The van der Waals surface area contributed by atoms with E-state index in [4.69, 9.17) is 14.2 Å². The molecule has 106 valence electrons. The van der Waals surface area contributed by atoms with Crippen LogP contribution in [0.3, 0.4) is 0 Å². The lowest BCUT2D eigenvalue weighted by molar-refractivity contribution is 0.121. The number of methoxy groups -OCH3 is 2. The highest BCUT2D eigenvalue weighted by molar-refractivity contribution is 9.10. The van der Waals surface area contributed by atoms with Gasteiger partial charge in [-0.1, -0.05) is 22.9 Å². The Kier molecular flexibility index (Phi) is 5.07. The Morgan fingerprint density at radius 1 is 1.42 bits per heavy atom. The third-order valence-electron chi connectivity index (χ3n) is 3.34. The second-order valence-corrected chi connectivity index (χ2v) is 5.28. The first-order valence-corrected chi connectivity index (χ1v) is 7.26. The van der Waals surface area contributed by atoms with Crippen molar-refractivity contribution in [3.05, 3.63) is 21.7 Å². The van der Waals surface area contributed by atoms with Crippen LogP contribution in [0, 0.1) is 0 Å². The summed E-state index contributed by atoms with van der Waals surface area (Å²) < 4.78 is 17.7. The lowest BCUT2D eigenvalue weighted by Crippen LogP contribution is -2.25. The van der Waals surface area contributed by atoms with Crippen molar-refractivity contribution in [2.24, 2.45) is 0 Å². The number of rotatable bonds is 4. The highest BCUT2D eigenvalue weighted by Crippen LogP contribution is 2.42. The van der Waals surface area contributed by atoms with Crippen LogP contribution in [-0.2, 0) is 11.2 Å². The van der Waals surface area contributed by atoms with E-state index < -0.39 is 0 Å². The second-order valence-electron chi connectivity index (χ2n) is 4.42. The average molecular weight is 330 g/mol. The molecule has 0 radical (unpaired) electrons. The van der Waals surface area contributed by atoms with E-state index in [9.17, 15) is 0 Å². The molecule has 0 bridgehead atoms. The number of likely N-dealkylation sites (N-methyl/N-ethyl adjacent to an activating group) is 1. The maximum Gasteiger partial charge on any atom is 0.165 e. The normalized spacial score (nSPS) is 18.6. The number of fused-ring (bicyclic) bond motifs is 1. The third kappa shape index (κ3) is 2.88. The molecule has 0 fully saturated rings. The van der Waals surface area contributed by atoms with Gasteiger partial charge in [0.2, 0.25) is 0 Å². The van der Waals surface area contributed by atoms with Crippen LogP contribution in [0.4, 0.5) is 0 Å². The van der Waals surface area contributed by atoms with Crippen LogP contribution in [0.2, 0.25) is 0 Å². The maximum absolute atomic E-state index is 5.69. The minimum atomic E-state index is 0.129. The lowest BCUT2D eigenvalue weighted by Gasteiger charge is -2.23. The topological polar surface area (TPSA) is 39.7 Å². The first kappa shape index (κ1) is 14.6. The van der Waals surface area contributed by atoms with Crippen molar-refractivity contribution in [1.29, 1.82) is 0 Å². The molecule has 0 aliphatic carbocycles. The van der Waals surface area contributed by atoms with Crippen LogP contribution in [0.15, 0.2) is 10.5 Å². The van der Waals surface area contributed by atoms with Gasteiger partial charge in [0.05, 0.1) is 33.5 Å². The van der Waals surface area contributed by atoms with Gasteiger partial charge in [0, 0.05) is 10.0 Å². The number of hydrogen-bond donors (Lipinski definition) is 1. The van der Waals surface area contributed by atoms with E-state index in [1.165, 1.54) is 5.56 Å². The number of hydrogen-bond acceptors (Lipinski definition) is 4. The maximum atomic E-state index is 5.69. The van der Waals surface area contributed by atoms with Gasteiger partial charge in [0.25, 0.3) is 0 Å². The predicted molar refractivity (Wildman–Crippen MR) is 78.2 cm³/mol. The van der Waals surface area contributed by atoms with Crippen LogP contribution >= 0.6 is 15.9 Å². The van der Waals surface area contributed by atoms with Crippen molar-refractivity contribution in [2.75, 3.05) is 34.0 Å². The highest BCUT2D eigenvalue weighted by Gasteiger charge is 2.27. The van der Waals surface area contributed by atoms with Gasteiger partial charge in [0.1, 0.15) is 0 Å². The molecular weight excluding hydrogens is 310 g/mol. The zero-order valence-corrected chi connectivity index (χ0v) is 13.2. The van der Waals surface area contributed by atoms with Crippen molar-refractivity contribution >= 4 is 15.9 Å². The van der Waals surface area contributed by atoms with Crippen LogP contribution < -0.4 is 14.8 Å². The van der Waals surface area contributed by atoms with Gasteiger partial charge in [-0.3, -0.25) is 0 Å². The molecule has 0 amide bonds. The first-order chi connectivity index (χ1) is 9.22. The quantitative estimate of drug-likeness (QED) is 0.921. The van der Waals surface area contributed by atoms with E-state index >= 15 is 0 Å². The van der Waals surface area contributed by atoms with E-state index in [1.807, 2.05) is 6.07 Å². The third-order valence-corrected chi connectivity index (χ3v) is 4.05. The smallest absolute Gasteiger partial charge is 0.165 e. The van der Waals surface area contributed by atoms with Crippen molar-refractivity contribution in [3.8, 4) is 11.5 Å². The summed E-state index contributed by atoms with van der Waals surface area (Å²) in [5, 5.41) is 3.45. The molecule has 0 saturated heterocycles. The Labute approximate surface area is 122 Å². The highest BCUT2D eigenvalue weighted by atomic mass is 79.9. The van der Waals surface area contributed by atoms with Crippen LogP contribution in [0.1, 0.15) is 24.1 Å². The largest absolute Gasteiger partial charge is 0.493 e. The van der Waals surface area contributed by atoms with Gasteiger partial charge in [-0.25, -0.2) is 0 Å². The molecule has 1 atom stereocenters. The molecule has 1 aliphatic heterocycles. The summed E-state index contributed by atoms with van der Waals surface area (Å²) >= 11 is 3.63. The standard InChI is InChI=1S/C14H20BrNO3/c1-4-16-11-8-19-6-5-9-10(15)7-12(17-2)14(18-3)13(9)11/h7,11,16H,4-6,8H2,1-3H3. The molecule has 0 saturated carbocycles. The monoisotopic (exact) mass is 329 g/mol. The fourth-order valence-electron chi connectivity index (χ4n) is 2.52. The molecule has 1 aliphatic rings. The van der Waals surface area contributed by atoms with Gasteiger partial charge in [-0.15, -0.1) is 0 Å². The molecule has 1 unspecified atom stereocenters. The summed E-state index contributed by atoms with van der Waals surface area (Å²) in [6.45, 7) is 4.34. The minimum absolute atomic E-state index is 0.129. The zero-order chi connectivity index (χ0) is 13.8. The summed E-state index contributed by atoms with van der Waals surface area (Å²) in [6.07, 6.45) is 0.873. The molecule has 1 aromatic rings. The molecule has 1 aromatic carbocycles. The van der Waals surface area contributed by atoms with Crippen LogP contribution in [0.25, 0.3) is 0 Å². The van der Waals surface area contributed by atoms with E-state index in [1.54, 1.807) is 14.2 Å². The molecule has 1 heterocycles. The van der Waals surface area contributed by atoms with Gasteiger partial charge in [0.15, 0.2) is 11.5 Å². The van der Waals surface area contributed by atoms with Gasteiger partial charge >= 0.3 is 0 Å². The van der Waals surface area contributed by atoms with Gasteiger partial charge in [-0.05, 0) is 24.6 Å². The van der Waals surface area contributed by atoms with E-state index in [0.717, 1.165) is 41.1 Å². The summed E-state index contributed by atoms with van der Waals surface area (Å²) in [5.41, 5.74) is 2.38. The number of ether oxygens (including phenoxy) is 3. The molecule has 0 aromatic heterocycles. The lowest BCUT2D eigenvalue weighted by atomic mass is 9.97. The summed E-state index contributed by atoms with van der Waals surface area (Å²) in [7, 11) is 3.34. The molecule has 1 N–H and O–H groups in total. The predicted octanol–water partition coefficient (Wildman–Crippen LogP) is 2.69. The van der Waals surface area contributed by atoms with Crippen molar-refractivity contribution in [3.63, 3.8) is 0 Å². The van der Waals surface area contributed by atoms with E-state index in [0.29, 0.717) is 6.61 Å². The molecule has 0 spiro atoms. The fourth-order valence-corrected chi connectivity index (χ4v) is 3.14. The molecular formula is C14H20BrNO3. The summed E-state index contributed by atoms with van der Waals surface area (Å²) in [5.74, 6) is 1.55. The minimum Gasteiger partial charge on any atom is -0.493 e. The molecule has 4 nitrogen and oxygen atoms in total. The molecule has 2 rings (SSSR count).